The molecule has 3 heterocycles. The quantitative estimate of drug-likeness (QED) is 0.821. The average molecular weight is 378 g/mol. The van der Waals surface area contributed by atoms with Gasteiger partial charge in [-0.2, -0.15) is 0 Å². The molecule has 1 N–H and O–H groups in total. The lowest BCUT2D eigenvalue weighted by Gasteiger charge is -2.30. The number of nitrogens with zero attached hydrogens (tertiary/aromatic N) is 4. The number of likely N-dealkylation sites (N-methyl/N-ethyl adjacent to an activating group) is 1. The molecule has 7 nitrogen and oxygen atoms in total. The molecule has 3 rings (SSSR count). The van der Waals surface area contributed by atoms with E-state index < -0.39 is 6.10 Å². The third-order valence-electron chi connectivity index (χ3n) is 4.68. The molecule has 0 saturated carbocycles. The summed E-state index contributed by atoms with van der Waals surface area (Å²) in [7, 11) is 1.74. The number of hydrogen-bond acceptors (Lipinski definition) is 6. The Kier molecular flexibility index (Phi) is 6.08. The van der Waals surface area contributed by atoms with E-state index in [2.05, 4.69) is 9.88 Å². The van der Waals surface area contributed by atoms with Gasteiger partial charge in [0.1, 0.15) is 0 Å². The zero-order valence-electron chi connectivity index (χ0n) is 15.5. The highest BCUT2D eigenvalue weighted by molar-refractivity contribution is 7.12. The van der Waals surface area contributed by atoms with E-state index in [1.807, 2.05) is 29.9 Å². The number of thiazole rings is 1. The molecule has 8 heteroatoms. The van der Waals surface area contributed by atoms with Gasteiger partial charge in [0.05, 0.1) is 24.9 Å². The Balaban J connectivity index is 1.66. The van der Waals surface area contributed by atoms with E-state index in [1.165, 1.54) is 11.3 Å². The Morgan fingerprint density at radius 2 is 2.15 bits per heavy atom. The fourth-order valence-electron chi connectivity index (χ4n) is 3.34. The number of aryl methyl sites for hydroxylation is 1. The Morgan fingerprint density at radius 3 is 2.81 bits per heavy atom. The van der Waals surface area contributed by atoms with Crippen LogP contribution in [0.4, 0.5) is 0 Å². The first-order valence-corrected chi connectivity index (χ1v) is 9.67. The fraction of sp³-hybridized carbons (Fsp3) is 0.556. The smallest absolute Gasteiger partial charge is 0.255 e. The molecule has 1 atom stereocenters. The van der Waals surface area contributed by atoms with Gasteiger partial charge in [-0.1, -0.05) is 0 Å². The Hall–Kier alpha value is -1.74. The summed E-state index contributed by atoms with van der Waals surface area (Å²) in [5, 5.41) is 13.1. The van der Waals surface area contributed by atoms with E-state index >= 15 is 0 Å². The molecule has 1 saturated heterocycles. The normalized spacial score (nSPS) is 16.6. The van der Waals surface area contributed by atoms with Crippen molar-refractivity contribution in [3.8, 4) is 5.13 Å². The number of aromatic nitrogens is 2. The maximum Gasteiger partial charge on any atom is 0.255 e. The molecule has 1 aliphatic heterocycles. The molecule has 0 radical (unpaired) electrons. The van der Waals surface area contributed by atoms with Crippen molar-refractivity contribution >= 4 is 17.2 Å². The number of aliphatic hydroxyl groups excluding tert-OH is 1. The second-order valence-electron chi connectivity index (χ2n) is 6.69. The number of amides is 1. The maximum atomic E-state index is 12.9. The predicted octanol–water partition coefficient (Wildman–Crippen LogP) is 1.32. The van der Waals surface area contributed by atoms with Crippen LogP contribution in [0.25, 0.3) is 5.13 Å². The van der Waals surface area contributed by atoms with Crippen molar-refractivity contribution in [2.75, 3.05) is 46.4 Å². The van der Waals surface area contributed by atoms with Crippen molar-refractivity contribution in [1.82, 2.24) is 19.4 Å². The van der Waals surface area contributed by atoms with E-state index in [9.17, 15) is 9.90 Å². The van der Waals surface area contributed by atoms with Gasteiger partial charge in [-0.3, -0.25) is 14.3 Å². The number of rotatable bonds is 6. The minimum atomic E-state index is -0.579. The first-order chi connectivity index (χ1) is 12.5. The summed E-state index contributed by atoms with van der Waals surface area (Å²) in [6.45, 7) is 7.80. The van der Waals surface area contributed by atoms with Gasteiger partial charge in [0.15, 0.2) is 5.13 Å². The lowest BCUT2D eigenvalue weighted by atomic mass is 10.2. The Bertz CT molecular complexity index is 738. The van der Waals surface area contributed by atoms with Crippen LogP contribution in [-0.4, -0.2) is 82.9 Å². The highest BCUT2D eigenvalue weighted by atomic mass is 32.1. The lowest BCUT2D eigenvalue weighted by molar-refractivity contribution is 0.00878. The molecule has 0 unspecified atom stereocenters. The fourth-order valence-corrected chi connectivity index (χ4v) is 4.10. The highest BCUT2D eigenvalue weighted by Gasteiger charge is 2.23. The monoisotopic (exact) mass is 378 g/mol. The Morgan fingerprint density at radius 1 is 1.42 bits per heavy atom. The van der Waals surface area contributed by atoms with E-state index in [0.29, 0.717) is 31.9 Å². The van der Waals surface area contributed by atoms with Gasteiger partial charge in [-0.05, 0) is 19.9 Å². The van der Waals surface area contributed by atoms with Crippen molar-refractivity contribution in [3.63, 3.8) is 0 Å². The summed E-state index contributed by atoms with van der Waals surface area (Å²) in [4.78, 5) is 21.0. The molecular formula is C18H26N4O3S. The predicted molar refractivity (Wildman–Crippen MR) is 101 cm³/mol. The van der Waals surface area contributed by atoms with Crippen LogP contribution in [0.15, 0.2) is 17.6 Å². The number of β-amino-alcohol motifs (C(OH)–C–C–N with tert-alkyl or cyclic N) is 1. The van der Waals surface area contributed by atoms with Crippen molar-refractivity contribution in [2.45, 2.75) is 20.0 Å². The Labute approximate surface area is 157 Å². The van der Waals surface area contributed by atoms with Crippen molar-refractivity contribution in [3.05, 3.63) is 34.6 Å². The molecular weight excluding hydrogens is 352 g/mol. The molecule has 2 aromatic heterocycles. The summed E-state index contributed by atoms with van der Waals surface area (Å²) < 4.78 is 7.32. The van der Waals surface area contributed by atoms with E-state index in [0.717, 1.165) is 29.6 Å². The SMILES string of the molecule is Cc1cc(C(=O)N(C)C[C@@H](O)CN2CCOCC2)c(C)n1-c1nccs1. The molecule has 0 aromatic carbocycles. The van der Waals surface area contributed by atoms with E-state index in [1.54, 1.807) is 18.1 Å². The van der Waals surface area contributed by atoms with Gasteiger partial charge in [0.2, 0.25) is 0 Å². The summed E-state index contributed by atoms with van der Waals surface area (Å²) in [6, 6.07) is 1.89. The van der Waals surface area contributed by atoms with Gasteiger partial charge in [-0.15, -0.1) is 11.3 Å². The summed E-state index contributed by atoms with van der Waals surface area (Å²) >= 11 is 1.54. The summed E-state index contributed by atoms with van der Waals surface area (Å²) in [6.07, 6.45) is 1.18. The molecule has 0 aliphatic carbocycles. The van der Waals surface area contributed by atoms with Gasteiger partial charge in [-0.25, -0.2) is 4.98 Å². The van der Waals surface area contributed by atoms with Gasteiger partial charge >= 0.3 is 0 Å². The second kappa shape index (κ2) is 8.30. The highest BCUT2D eigenvalue weighted by Crippen LogP contribution is 2.23. The lowest BCUT2D eigenvalue weighted by Crippen LogP contribution is -2.45. The van der Waals surface area contributed by atoms with Crippen molar-refractivity contribution in [1.29, 1.82) is 0 Å². The van der Waals surface area contributed by atoms with Crippen LogP contribution in [0.2, 0.25) is 0 Å². The minimum absolute atomic E-state index is 0.0815. The third kappa shape index (κ3) is 4.15. The molecule has 1 amide bonds. The van der Waals surface area contributed by atoms with Gasteiger partial charge in [0, 0.05) is 56.2 Å². The third-order valence-corrected chi connectivity index (χ3v) is 5.43. The number of ether oxygens (including phenoxy) is 1. The zero-order valence-corrected chi connectivity index (χ0v) is 16.3. The van der Waals surface area contributed by atoms with E-state index in [-0.39, 0.29) is 5.91 Å². The van der Waals surface area contributed by atoms with Crippen molar-refractivity contribution in [2.24, 2.45) is 0 Å². The largest absolute Gasteiger partial charge is 0.390 e. The molecule has 142 valence electrons. The number of carbonyl (C=O) groups excluding carboxylic acids is 1. The van der Waals surface area contributed by atoms with Crippen LogP contribution in [0, 0.1) is 13.8 Å². The zero-order chi connectivity index (χ0) is 18.7. The van der Waals surface area contributed by atoms with Crippen LogP contribution in [0.5, 0.6) is 0 Å². The van der Waals surface area contributed by atoms with Crippen LogP contribution in [0.1, 0.15) is 21.7 Å². The molecule has 2 aromatic rings. The first kappa shape index (κ1) is 19.0. The van der Waals surface area contributed by atoms with E-state index in [4.69, 9.17) is 4.74 Å². The number of morpholine rings is 1. The second-order valence-corrected chi connectivity index (χ2v) is 7.56. The molecule has 0 spiro atoms. The van der Waals surface area contributed by atoms with Crippen LogP contribution in [-0.2, 0) is 4.74 Å². The number of hydrogen-bond donors (Lipinski definition) is 1. The standard InChI is InChI=1S/C18H26N4O3S/c1-13-10-16(14(2)22(13)18-19-4-9-26-18)17(24)20(3)11-15(23)12-21-5-7-25-8-6-21/h4,9-10,15,23H,5-8,11-12H2,1-3H3/t15-/m1/s1. The maximum absolute atomic E-state index is 12.9. The van der Waals surface area contributed by atoms with Crippen molar-refractivity contribution < 1.29 is 14.6 Å². The topological polar surface area (TPSA) is 70.8 Å². The minimum Gasteiger partial charge on any atom is -0.390 e. The average Bonchev–Trinajstić information content (AvgIpc) is 3.22. The molecule has 0 bridgehead atoms. The molecule has 1 aliphatic rings. The van der Waals surface area contributed by atoms with Gasteiger partial charge < -0.3 is 14.7 Å². The number of carbonyl (C=O) groups is 1. The molecule has 1 fully saturated rings. The number of aliphatic hydroxyl groups is 1. The van der Waals surface area contributed by atoms with Crippen LogP contribution < -0.4 is 0 Å². The molecule has 26 heavy (non-hydrogen) atoms. The van der Waals surface area contributed by atoms with Crippen LogP contribution >= 0.6 is 11.3 Å². The summed E-state index contributed by atoms with van der Waals surface area (Å²) in [5.41, 5.74) is 2.50. The van der Waals surface area contributed by atoms with Gasteiger partial charge in [0.25, 0.3) is 5.91 Å². The summed E-state index contributed by atoms with van der Waals surface area (Å²) in [5.74, 6) is -0.0815. The first-order valence-electron chi connectivity index (χ1n) is 8.80. The van der Waals surface area contributed by atoms with Crippen LogP contribution in [0.3, 0.4) is 0 Å².